The third kappa shape index (κ3) is 4.57. The molecule has 0 aliphatic heterocycles. The summed E-state index contributed by atoms with van der Waals surface area (Å²) in [5.74, 6) is -0.0397. The summed E-state index contributed by atoms with van der Waals surface area (Å²) in [6.07, 6.45) is 4.69. The molecule has 0 unspecified atom stereocenters. The summed E-state index contributed by atoms with van der Waals surface area (Å²) in [5, 5.41) is 14.7. The van der Waals surface area contributed by atoms with Crippen LogP contribution in [0.4, 0.5) is 10.8 Å². The Hall–Kier alpha value is -2.48. The Morgan fingerprint density at radius 2 is 2.04 bits per heavy atom. The number of nitrogens with one attached hydrogen (secondary N) is 2. The van der Waals surface area contributed by atoms with E-state index in [1.54, 1.807) is 12.1 Å². The van der Waals surface area contributed by atoms with Gasteiger partial charge in [-0.05, 0) is 37.5 Å². The van der Waals surface area contributed by atoms with Gasteiger partial charge in [0.1, 0.15) is 5.01 Å². The molecule has 0 saturated heterocycles. The molecule has 2 amide bonds. The normalized spacial score (nSPS) is 14.3. The fourth-order valence-corrected chi connectivity index (χ4v) is 3.68. The Bertz CT molecular complexity index is 799. The molecule has 0 radical (unpaired) electrons. The summed E-state index contributed by atoms with van der Waals surface area (Å²) in [4.78, 5) is 24.7. The number of aromatic nitrogens is 2. The van der Waals surface area contributed by atoms with Crippen molar-refractivity contribution >= 4 is 34.0 Å². The Balaban J connectivity index is 1.58. The monoisotopic (exact) mass is 373 g/mol. The number of hydrogen-bond acceptors (Lipinski definition) is 6. The van der Waals surface area contributed by atoms with Crippen LogP contribution in [0.5, 0.6) is 0 Å². The molecule has 0 spiro atoms. The fourth-order valence-electron chi connectivity index (χ4n) is 3.07. The third-order valence-corrected chi connectivity index (χ3v) is 5.40. The van der Waals surface area contributed by atoms with E-state index in [9.17, 15) is 9.59 Å². The molecule has 1 aliphatic carbocycles. The average Bonchev–Trinajstić information content (AvgIpc) is 3.28. The number of amides is 2. The smallest absolute Gasteiger partial charge is 0.251 e. The molecule has 0 atom stereocenters. The van der Waals surface area contributed by atoms with E-state index in [4.69, 9.17) is 5.73 Å². The Morgan fingerprint density at radius 3 is 2.73 bits per heavy atom. The van der Waals surface area contributed by atoms with Crippen molar-refractivity contribution in [2.75, 3.05) is 17.6 Å². The van der Waals surface area contributed by atoms with E-state index in [1.165, 1.54) is 11.3 Å². The summed E-state index contributed by atoms with van der Waals surface area (Å²) in [5.41, 5.74) is 7.70. The molecule has 1 aromatic carbocycles. The second kappa shape index (κ2) is 8.27. The summed E-state index contributed by atoms with van der Waals surface area (Å²) in [6.45, 7) is 2.37. The molecule has 1 fully saturated rings. The maximum atomic E-state index is 12.4. The van der Waals surface area contributed by atoms with Gasteiger partial charge in [0.25, 0.3) is 5.91 Å². The summed E-state index contributed by atoms with van der Waals surface area (Å²) < 4.78 is 0. The van der Waals surface area contributed by atoms with E-state index in [2.05, 4.69) is 20.8 Å². The first kappa shape index (κ1) is 18.3. The van der Waals surface area contributed by atoms with Gasteiger partial charge in [-0.25, -0.2) is 0 Å². The predicted molar refractivity (Wildman–Crippen MR) is 102 cm³/mol. The summed E-state index contributed by atoms with van der Waals surface area (Å²) >= 11 is 1.32. The zero-order valence-electron chi connectivity index (χ0n) is 14.7. The Kier molecular flexibility index (Phi) is 5.82. The molecule has 0 bridgehead atoms. The van der Waals surface area contributed by atoms with E-state index in [0.29, 0.717) is 29.3 Å². The van der Waals surface area contributed by atoms with Crippen molar-refractivity contribution in [3.8, 4) is 0 Å². The van der Waals surface area contributed by atoms with Gasteiger partial charge in [-0.2, -0.15) is 0 Å². The lowest BCUT2D eigenvalue weighted by Gasteiger charge is -2.14. The number of nitrogens with zero attached hydrogens (tertiary/aromatic N) is 2. The molecule has 7 nitrogen and oxygen atoms in total. The number of carbonyl (C=O) groups is 2. The van der Waals surface area contributed by atoms with Crippen LogP contribution >= 0.6 is 11.3 Å². The van der Waals surface area contributed by atoms with Crippen LogP contribution in [0.2, 0.25) is 0 Å². The van der Waals surface area contributed by atoms with Crippen molar-refractivity contribution < 1.29 is 9.59 Å². The minimum absolute atomic E-state index is 0.0528. The van der Waals surface area contributed by atoms with E-state index in [-0.39, 0.29) is 17.7 Å². The van der Waals surface area contributed by atoms with E-state index in [0.717, 1.165) is 36.3 Å². The first-order chi connectivity index (χ1) is 12.5. The lowest BCUT2D eigenvalue weighted by atomic mass is 10.1. The molecule has 2 aromatic rings. The maximum Gasteiger partial charge on any atom is 0.251 e. The van der Waals surface area contributed by atoms with Crippen molar-refractivity contribution in [1.29, 1.82) is 0 Å². The number of aryl methyl sites for hydroxylation is 1. The van der Waals surface area contributed by atoms with Gasteiger partial charge in [0.05, 0.1) is 0 Å². The quantitative estimate of drug-likeness (QED) is 0.721. The van der Waals surface area contributed by atoms with Crippen LogP contribution in [-0.2, 0) is 11.2 Å². The molecule has 3 rings (SSSR count). The van der Waals surface area contributed by atoms with Crippen LogP contribution < -0.4 is 16.4 Å². The fraction of sp³-hybridized carbons (Fsp3) is 0.444. The largest absolute Gasteiger partial charge is 0.374 e. The molecular formula is C18H23N5O2S. The minimum atomic E-state index is -0.182. The van der Waals surface area contributed by atoms with Gasteiger partial charge in [0.2, 0.25) is 11.0 Å². The van der Waals surface area contributed by atoms with Crippen LogP contribution in [0.25, 0.3) is 0 Å². The van der Waals surface area contributed by atoms with Crippen molar-refractivity contribution in [1.82, 2.24) is 15.5 Å². The number of hydrogen-bond donors (Lipinski definition) is 3. The van der Waals surface area contributed by atoms with Crippen LogP contribution in [0.15, 0.2) is 18.2 Å². The lowest BCUT2D eigenvalue weighted by Crippen LogP contribution is -2.26. The van der Waals surface area contributed by atoms with Gasteiger partial charge < -0.3 is 16.4 Å². The van der Waals surface area contributed by atoms with Crippen LogP contribution in [0.3, 0.4) is 0 Å². The second-order valence-corrected chi connectivity index (χ2v) is 7.63. The van der Waals surface area contributed by atoms with Gasteiger partial charge in [-0.15, -0.1) is 10.2 Å². The molecule has 1 aromatic heterocycles. The van der Waals surface area contributed by atoms with Crippen molar-refractivity contribution in [3.05, 3.63) is 34.3 Å². The van der Waals surface area contributed by atoms with Gasteiger partial charge in [0, 0.05) is 30.1 Å². The average molecular weight is 373 g/mol. The highest BCUT2D eigenvalue weighted by Crippen LogP contribution is 2.27. The van der Waals surface area contributed by atoms with Gasteiger partial charge in [-0.1, -0.05) is 30.2 Å². The number of nitrogen functional groups attached to an aromatic ring is 1. The first-order valence-corrected chi connectivity index (χ1v) is 9.62. The molecule has 26 heavy (non-hydrogen) atoms. The summed E-state index contributed by atoms with van der Waals surface area (Å²) in [7, 11) is 0. The lowest BCUT2D eigenvalue weighted by molar-refractivity contribution is -0.119. The number of carbonyl (C=O) groups excluding carboxylic acids is 2. The zero-order valence-corrected chi connectivity index (χ0v) is 15.6. The third-order valence-electron chi connectivity index (χ3n) is 4.59. The molecule has 1 saturated carbocycles. The highest BCUT2D eigenvalue weighted by atomic mass is 32.1. The molecule has 4 N–H and O–H groups in total. The Labute approximate surface area is 156 Å². The molecule has 138 valence electrons. The molecule has 1 heterocycles. The topological polar surface area (TPSA) is 110 Å². The minimum Gasteiger partial charge on any atom is -0.374 e. The standard InChI is InChI=1S/C18H23N5O2S/c1-11-6-7-13(10-14(11)21-17(25)12-4-2-3-5-12)16(24)20-9-8-15-22-23-18(19)26-15/h6-7,10,12H,2-5,8-9H2,1H3,(H2,19,23)(H,20,24)(H,21,25). The van der Waals surface area contributed by atoms with Crippen LogP contribution in [-0.4, -0.2) is 28.6 Å². The SMILES string of the molecule is Cc1ccc(C(=O)NCCc2nnc(N)s2)cc1NC(=O)C1CCCC1. The zero-order chi connectivity index (χ0) is 18.5. The predicted octanol–water partition coefficient (Wildman–Crippen LogP) is 2.53. The maximum absolute atomic E-state index is 12.4. The Morgan fingerprint density at radius 1 is 1.27 bits per heavy atom. The molecule has 1 aliphatic rings. The van der Waals surface area contributed by atoms with Crippen LogP contribution in [0.1, 0.15) is 46.6 Å². The molecular weight excluding hydrogens is 350 g/mol. The van der Waals surface area contributed by atoms with Crippen molar-refractivity contribution in [2.24, 2.45) is 5.92 Å². The van der Waals surface area contributed by atoms with Crippen molar-refractivity contribution in [3.63, 3.8) is 0 Å². The van der Waals surface area contributed by atoms with Gasteiger partial charge in [-0.3, -0.25) is 9.59 Å². The highest BCUT2D eigenvalue weighted by molar-refractivity contribution is 7.15. The first-order valence-electron chi connectivity index (χ1n) is 8.80. The second-order valence-electron chi connectivity index (χ2n) is 6.54. The molecule has 8 heteroatoms. The summed E-state index contributed by atoms with van der Waals surface area (Å²) in [6, 6.07) is 5.35. The van der Waals surface area contributed by atoms with Crippen LogP contribution in [0, 0.1) is 12.8 Å². The van der Waals surface area contributed by atoms with E-state index >= 15 is 0 Å². The van der Waals surface area contributed by atoms with E-state index < -0.39 is 0 Å². The number of rotatable bonds is 6. The highest BCUT2D eigenvalue weighted by Gasteiger charge is 2.23. The number of nitrogens with two attached hydrogens (primary N) is 1. The number of benzene rings is 1. The van der Waals surface area contributed by atoms with Gasteiger partial charge >= 0.3 is 0 Å². The van der Waals surface area contributed by atoms with Gasteiger partial charge in [0.15, 0.2) is 0 Å². The van der Waals surface area contributed by atoms with E-state index in [1.807, 2.05) is 13.0 Å². The number of anilines is 2. The van der Waals surface area contributed by atoms with Crippen molar-refractivity contribution in [2.45, 2.75) is 39.0 Å².